The third-order valence-corrected chi connectivity index (χ3v) is 5.98. The first kappa shape index (κ1) is 23.3. The molecule has 7 nitrogen and oxygen atoms in total. The van der Waals surface area contributed by atoms with E-state index in [9.17, 15) is 14.4 Å². The Bertz CT molecular complexity index is 1220. The van der Waals surface area contributed by atoms with E-state index in [-0.39, 0.29) is 29.7 Å². The number of anilines is 1. The molecule has 2 amide bonds. The average Bonchev–Trinajstić information content (AvgIpc) is 2.77. The molecule has 1 N–H and O–H groups in total. The molecule has 3 rings (SSSR count). The fourth-order valence-electron chi connectivity index (χ4n) is 3.28. The number of thioether (sulfide) groups is 1. The summed E-state index contributed by atoms with van der Waals surface area (Å²) in [6, 6.07) is 12.9. The first-order valence-electron chi connectivity index (χ1n) is 10.1. The first-order chi connectivity index (χ1) is 15.3. The minimum Gasteiger partial charge on any atom is -0.336 e. The maximum atomic E-state index is 12.8. The highest BCUT2D eigenvalue weighted by atomic mass is 32.2. The molecule has 0 saturated carbocycles. The van der Waals surface area contributed by atoms with E-state index in [1.807, 2.05) is 38.1 Å². The predicted molar refractivity (Wildman–Crippen MR) is 129 cm³/mol. The van der Waals surface area contributed by atoms with Crippen molar-refractivity contribution in [1.29, 1.82) is 0 Å². The molecule has 0 aliphatic carbocycles. The van der Waals surface area contributed by atoms with Gasteiger partial charge in [0.15, 0.2) is 5.16 Å². The van der Waals surface area contributed by atoms with Gasteiger partial charge in [-0.1, -0.05) is 48.2 Å². The quantitative estimate of drug-likeness (QED) is 0.323. The van der Waals surface area contributed by atoms with Crippen LogP contribution in [0, 0.1) is 13.8 Å². The van der Waals surface area contributed by atoms with Gasteiger partial charge in [-0.2, -0.15) is 0 Å². The molecular weight excluding hydrogens is 424 g/mol. The molecule has 1 aromatic heterocycles. The first-order valence-corrected chi connectivity index (χ1v) is 11.1. The van der Waals surface area contributed by atoms with Gasteiger partial charge in [0.1, 0.15) is 0 Å². The topological polar surface area (TPSA) is 84.3 Å². The van der Waals surface area contributed by atoms with Crippen molar-refractivity contribution in [3.8, 4) is 0 Å². The van der Waals surface area contributed by atoms with Crippen molar-refractivity contribution in [3.05, 3.63) is 76.6 Å². The van der Waals surface area contributed by atoms with Crippen LogP contribution in [0.15, 0.2) is 65.1 Å². The van der Waals surface area contributed by atoms with Gasteiger partial charge in [0.05, 0.1) is 23.2 Å². The van der Waals surface area contributed by atoms with Gasteiger partial charge in [-0.05, 0) is 37.1 Å². The number of carbonyl (C=O) groups excluding carboxylic acids is 2. The number of aromatic nitrogens is 2. The lowest BCUT2D eigenvalue weighted by Crippen LogP contribution is -2.36. The van der Waals surface area contributed by atoms with Crippen LogP contribution in [0.3, 0.4) is 0 Å². The molecule has 8 heteroatoms. The zero-order valence-corrected chi connectivity index (χ0v) is 19.2. The molecule has 0 fully saturated rings. The summed E-state index contributed by atoms with van der Waals surface area (Å²) in [6.45, 7) is 7.77. The van der Waals surface area contributed by atoms with Crippen LogP contribution in [0.5, 0.6) is 0 Å². The van der Waals surface area contributed by atoms with E-state index in [1.165, 1.54) is 21.2 Å². The molecule has 0 spiro atoms. The Balaban J connectivity index is 1.68. The number of nitrogens with zero attached hydrogens (tertiary/aromatic N) is 3. The van der Waals surface area contributed by atoms with Gasteiger partial charge in [0, 0.05) is 19.3 Å². The fourth-order valence-corrected chi connectivity index (χ4v) is 4.23. The van der Waals surface area contributed by atoms with Crippen molar-refractivity contribution in [3.63, 3.8) is 0 Å². The summed E-state index contributed by atoms with van der Waals surface area (Å²) in [5, 5.41) is 3.84. The number of benzene rings is 2. The summed E-state index contributed by atoms with van der Waals surface area (Å²) >= 11 is 1.17. The molecule has 32 heavy (non-hydrogen) atoms. The van der Waals surface area contributed by atoms with Gasteiger partial charge < -0.3 is 10.2 Å². The minimum atomic E-state index is -0.268. The van der Waals surface area contributed by atoms with E-state index < -0.39 is 0 Å². The number of likely N-dealkylation sites (N-methyl/N-ethyl adjacent to an activating group) is 1. The Hall–Kier alpha value is -3.39. The molecule has 0 saturated heterocycles. The van der Waals surface area contributed by atoms with Crippen LogP contribution in [-0.2, 0) is 16.1 Å². The van der Waals surface area contributed by atoms with E-state index in [1.54, 1.807) is 31.3 Å². The molecule has 0 aliphatic rings. The zero-order valence-electron chi connectivity index (χ0n) is 18.4. The minimum absolute atomic E-state index is 0.0507. The van der Waals surface area contributed by atoms with Crippen molar-refractivity contribution in [1.82, 2.24) is 14.5 Å². The number of hydrogen-bond donors (Lipinski definition) is 1. The molecule has 0 unspecified atom stereocenters. The van der Waals surface area contributed by atoms with Gasteiger partial charge in [-0.3, -0.25) is 19.0 Å². The maximum Gasteiger partial charge on any atom is 0.262 e. The normalized spacial score (nSPS) is 10.7. The Morgan fingerprint density at radius 1 is 1.16 bits per heavy atom. The Morgan fingerprint density at radius 3 is 2.53 bits per heavy atom. The Morgan fingerprint density at radius 2 is 1.84 bits per heavy atom. The highest BCUT2D eigenvalue weighted by Gasteiger charge is 2.17. The Kier molecular flexibility index (Phi) is 7.48. The lowest BCUT2D eigenvalue weighted by molar-refractivity contribution is -0.131. The molecule has 0 radical (unpaired) electrons. The van der Waals surface area contributed by atoms with E-state index in [2.05, 4.69) is 16.9 Å². The second-order valence-electron chi connectivity index (χ2n) is 7.47. The van der Waals surface area contributed by atoms with E-state index >= 15 is 0 Å². The molecule has 3 aromatic rings. The summed E-state index contributed by atoms with van der Waals surface area (Å²) in [4.78, 5) is 43.8. The number of fused-ring (bicyclic) bond motifs is 1. The second kappa shape index (κ2) is 10.3. The number of carbonyl (C=O) groups is 2. The van der Waals surface area contributed by atoms with Crippen LogP contribution < -0.4 is 10.9 Å². The number of allylic oxidation sites excluding steroid dienone is 1. The molecule has 0 aliphatic heterocycles. The van der Waals surface area contributed by atoms with Crippen molar-refractivity contribution in [2.24, 2.45) is 0 Å². The Labute approximate surface area is 191 Å². The summed E-state index contributed by atoms with van der Waals surface area (Å²) in [6.07, 6.45) is 1.62. The van der Waals surface area contributed by atoms with E-state index in [4.69, 9.17) is 0 Å². The van der Waals surface area contributed by atoms with Gasteiger partial charge >= 0.3 is 0 Å². The molecule has 0 bridgehead atoms. The smallest absolute Gasteiger partial charge is 0.262 e. The van der Waals surface area contributed by atoms with Crippen LogP contribution in [0.25, 0.3) is 10.9 Å². The molecular formula is C24H26N4O3S. The number of amides is 2. The molecule has 2 aromatic carbocycles. The molecule has 166 valence electrons. The number of rotatable bonds is 8. The summed E-state index contributed by atoms with van der Waals surface area (Å²) in [5.74, 6) is -0.454. The number of para-hydroxylation sites is 2. The summed E-state index contributed by atoms with van der Waals surface area (Å²) in [5.41, 5.74) is 3.10. The highest BCUT2D eigenvalue weighted by molar-refractivity contribution is 7.99. The van der Waals surface area contributed by atoms with Crippen molar-refractivity contribution < 1.29 is 9.59 Å². The monoisotopic (exact) mass is 450 g/mol. The SMILES string of the molecule is C=CCn1c(SCC(=O)N(C)CC(=O)Nc2c(C)cccc2C)nc2ccccc2c1=O. The van der Waals surface area contributed by atoms with Crippen molar-refractivity contribution in [2.75, 3.05) is 24.7 Å². The zero-order chi connectivity index (χ0) is 23.3. The van der Waals surface area contributed by atoms with Crippen LogP contribution in [0.4, 0.5) is 5.69 Å². The largest absolute Gasteiger partial charge is 0.336 e. The molecule has 1 heterocycles. The number of aryl methyl sites for hydroxylation is 2. The van der Waals surface area contributed by atoms with Gasteiger partial charge in [-0.15, -0.1) is 6.58 Å². The van der Waals surface area contributed by atoms with Crippen molar-refractivity contribution in [2.45, 2.75) is 25.5 Å². The van der Waals surface area contributed by atoms with Gasteiger partial charge in [-0.25, -0.2) is 4.98 Å². The average molecular weight is 451 g/mol. The maximum absolute atomic E-state index is 12.8. The number of hydrogen-bond acceptors (Lipinski definition) is 5. The second-order valence-corrected chi connectivity index (χ2v) is 8.41. The molecule has 0 atom stereocenters. The lowest BCUT2D eigenvalue weighted by Gasteiger charge is -2.18. The third-order valence-electron chi connectivity index (χ3n) is 5.02. The van der Waals surface area contributed by atoms with Crippen molar-refractivity contribution >= 4 is 40.2 Å². The lowest BCUT2D eigenvalue weighted by atomic mass is 10.1. The number of nitrogens with one attached hydrogen (secondary N) is 1. The summed E-state index contributed by atoms with van der Waals surface area (Å²) in [7, 11) is 1.58. The van der Waals surface area contributed by atoms with Gasteiger partial charge in [0.25, 0.3) is 5.56 Å². The highest BCUT2D eigenvalue weighted by Crippen LogP contribution is 2.20. The van der Waals surface area contributed by atoms with E-state index in [0.29, 0.717) is 22.6 Å². The van der Waals surface area contributed by atoms with Crippen LogP contribution in [0.1, 0.15) is 11.1 Å². The van der Waals surface area contributed by atoms with Crippen LogP contribution in [-0.4, -0.2) is 45.6 Å². The van der Waals surface area contributed by atoms with Gasteiger partial charge in [0.2, 0.25) is 11.8 Å². The predicted octanol–water partition coefficient (Wildman–Crippen LogP) is 3.39. The van der Waals surface area contributed by atoms with Crippen LogP contribution >= 0.6 is 11.8 Å². The third kappa shape index (κ3) is 5.26. The van der Waals surface area contributed by atoms with E-state index in [0.717, 1.165) is 16.8 Å². The standard InChI is InChI=1S/C24H26N4O3S/c1-5-13-28-23(31)18-11-6-7-12-19(18)25-24(28)32-15-21(30)27(4)14-20(29)26-22-16(2)9-8-10-17(22)3/h5-12H,1,13-15H2,2-4H3,(H,26,29). The fraction of sp³-hybridized carbons (Fsp3) is 0.250. The summed E-state index contributed by atoms with van der Waals surface area (Å²) < 4.78 is 1.50. The van der Waals surface area contributed by atoms with Crippen LogP contribution in [0.2, 0.25) is 0 Å².